The van der Waals surface area contributed by atoms with Crippen molar-refractivity contribution in [2.75, 3.05) is 19.7 Å². The van der Waals surface area contributed by atoms with E-state index in [-0.39, 0.29) is 12.0 Å². The van der Waals surface area contributed by atoms with Gasteiger partial charge in [-0.15, -0.1) is 0 Å². The number of amides is 1. The average molecular weight is 367 g/mol. The number of hydrogen-bond donors (Lipinski definition) is 0. The van der Waals surface area contributed by atoms with Gasteiger partial charge in [0.1, 0.15) is 5.52 Å². The fourth-order valence-corrected chi connectivity index (χ4v) is 3.03. The van der Waals surface area contributed by atoms with Crippen LogP contribution in [0.1, 0.15) is 38.0 Å². The molecule has 1 fully saturated rings. The third-order valence-electron chi connectivity index (χ3n) is 3.90. The molecule has 5 nitrogen and oxygen atoms in total. The molecule has 0 aliphatic carbocycles. The molecular formula is C16H19BrN2O3. The van der Waals surface area contributed by atoms with Crippen LogP contribution >= 0.6 is 15.9 Å². The van der Waals surface area contributed by atoms with Gasteiger partial charge in [0.05, 0.1) is 6.61 Å². The first-order valence-electron chi connectivity index (χ1n) is 7.65. The summed E-state index contributed by atoms with van der Waals surface area (Å²) in [5.41, 5.74) is 1.68. The standard InChI is InChI=1S/C16H19BrN2O3/c1-2-9-21-16(20)19-7-5-11(6-8-19)15-18-13-10-12(17)3-4-14(13)22-15/h3-4,10-11H,2,5-9H2,1H3. The Balaban J connectivity index is 1.64. The van der Waals surface area contributed by atoms with E-state index in [1.807, 2.05) is 25.1 Å². The van der Waals surface area contributed by atoms with Crippen molar-refractivity contribution in [2.24, 2.45) is 0 Å². The van der Waals surface area contributed by atoms with Gasteiger partial charge in [-0.2, -0.15) is 0 Å². The number of rotatable bonds is 3. The van der Waals surface area contributed by atoms with Crippen LogP contribution in [0.2, 0.25) is 0 Å². The van der Waals surface area contributed by atoms with Gasteiger partial charge in [0.15, 0.2) is 11.5 Å². The van der Waals surface area contributed by atoms with E-state index in [1.54, 1.807) is 4.90 Å². The van der Waals surface area contributed by atoms with Gasteiger partial charge in [0, 0.05) is 23.5 Å². The Labute approximate surface area is 137 Å². The first kappa shape index (κ1) is 15.3. The summed E-state index contributed by atoms with van der Waals surface area (Å²) in [4.78, 5) is 18.2. The quantitative estimate of drug-likeness (QED) is 0.811. The molecule has 0 atom stereocenters. The summed E-state index contributed by atoms with van der Waals surface area (Å²) < 4.78 is 12.0. The van der Waals surface area contributed by atoms with Crippen molar-refractivity contribution in [3.05, 3.63) is 28.6 Å². The van der Waals surface area contributed by atoms with Crippen molar-refractivity contribution in [2.45, 2.75) is 32.1 Å². The molecule has 0 saturated carbocycles. The lowest BCUT2D eigenvalue weighted by molar-refractivity contribution is 0.0913. The van der Waals surface area contributed by atoms with Gasteiger partial charge in [-0.05, 0) is 37.5 Å². The molecular weight excluding hydrogens is 348 g/mol. The van der Waals surface area contributed by atoms with Crippen LogP contribution in [0.4, 0.5) is 4.79 Å². The Hall–Kier alpha value is -1.56. The lowest BCUT2D eigenvalue weighted by Crippen LogP contribution is -2.38. The smallest absolute Gasteiger partial charge is 0.409 e. The fraction of sp³-hybridized carbons (Fsp3) is 0.500. The van der Waals surface area contributed by atoms with E-state index < -0.39 is 0 Å². The van der Waals surface area contributed by atoms with Crippen LogP contribution in [-0.2, 0) is 4.74 Å². The van der Waals surface area contributed by atoms with E-state index in [4.69, 9.17) is 9.15 Å². The van der Waals surface area contributed by atoms with Crippen LogP contribution in [0.3, 0.4) is 0 Å². The minimum atomic E-state index is -0.207. The number of likely N-dealkylation sites (tertiary alicyclic amines) is 1. The van der Waals surface area contributed by atoms with Gasteiger partial charge in [-0.3, -0.25) is 0 Å². The summed E-state index contributed by atoms with van der Waals surface area (Å²) in [5.74, 6) is 1.04. The molecule has 2 heterocycles. The number of piperidine rings is 1. The maximum absolute atomic E-state index is 11.8. The minimum absolute atomic E-state index is 0.207. The molecule has 118 valence electrons. The number of benzene rings is 1. The Morgan fingerprint density at radius 2 is 2.23 bits per heavy atom. The second-order valence-electron chi connectivity index (χ2n) is 5.54. The number of fused-ring (bicyclic) bond motifs is 1. The number of carbonyl (C=O) groups excluding carboxylic acids is 1. The molecule has 1 amide bonds. The zero-order valence-corrected chi connectivity index (χ0v) is 14.1. The second-order valence-corrected chi connectivity index (χ2v) is 6.46. The van der Waals surface area contributed by atoms with Crippen molar-refractivity contribution >= 4 is 33.1 Å². The van der Waals surface area contributed by atoms with Gasteiger partial charge in [0.25, 0.3) is 0 Å². The Kier molecular flexibility index (Phi) is 4.66. The van der Waals surface area contributed by atoms with Crippen LogP contribution in [0.5, 0.6) is 0 Å². The number of nitrogens with zero attached hydrogens (tertiary/aromatic N) is 2. The van der Waals surface area contributed by atoms with E-state index in [9.17, 15) is 4.79 Å². The van der Waals surface area contributed by atoms with Gasteiger partial charge in [0.2, 0.25) is 0 Å². The van der Waals surface area contributed by atoms with E-state index in [2.05, 4.69) is 20.9 Å². The highest BCUT2D eigenvalue weighted by atomic mass is 79.9. The molecule has 6 heteroatoms. The zero-order chi connectivity index (χ0) is 15.5. The third kappa shape index (κ3) is 3.27. The number of halogens is 1. The highest BCUT2D eigenvalue weighted by Gasteiger charge is 2.27. The Morgan fingerprint density at radius 1 is 1.45 bits per heavy atom. The molecule has 0 unspecified atom stereocenters. The van der Waals surface area contributed by atoms with Crippen LogP contribution in [-0.4, -0.2) is 35.7 Å². The maximum atomic E-state index is 11.8. The summed E-state index contributed by atoms with van der Waals surface area (Å²) in [6.45, 7) is 3.86. The van der Waals surface area contributed by atoms with Gasteiger partial charge < -0.3 is 14.1 Å². The molecule has 22 heavy (non-hydrogen) atoms. The van der Waals surface area contributed by atoms with E-state index >= 15 is 0 Å². The predicted molar refractivity (Wildman–Crippen MR) is 86.9 cm³/mol. The Bertz CT molecular complexity index is 662. The average Bonchev–Trinajstić information content (AvgIpc) is 2.95. The molecule has 0 spiro atoms. The van der Waals surface area contributed by atoms with Crippen molar-refractivity contribution in [1.82, 2.24) is 9.88 Å². The molecule has 1 aliphatic heterocycles. The predicted octanol–water partition coefficient (Wildman–Crippen LogP) is 4.32. The summed E-state index contributed by atoms with van der Waals surface area (Å²) in [6.07, 6.45) is 2.35. The molecule has 3 rings (SSSR count). The number of hydrogen-bond acceptors (Lipinski definition) is 4. The molecule has 2 aromatic rings. The summed E-state index contributed by atoms with van der Waals surface area (Å²) in [6, 6.07) is 5.83. The first-order valence-corrected chi connectivity index (χ1v) is 8.44. The fourth-order valence-electron chi connectivity index (χ4n) is 2.68. The second kappa shape index (κ2) is 6.69. The maximum Gasteiger partial charge on any atom is 0.409 e. The van der Waals surface area contributed by atoms with Crippen molar-refractivity contribution < 1.29 is 13.9 Å². The number of carbonyl (C=O) groups is 1. The number of aromatic nitrogens is 1. The van der Waals surface area contributed by atoms with E-state index in [0.717, 1.165) is 40.7 Å². The normalized spacial score (nSPS) is 16.2. The zero-order valence-electron chi connectivity index (χ0n) is 12.5. The molecule has 0 radical (unpaired) electrons. The lowest BCUT2D eigenvalue weighted by Gasteiger charge is -2.29. The Morgan fingerprint density at radius 3 is 2.95 bits per heavy atom. The molecule has 1 aliphatic rings. The summed E-state index contributed by atoms with van der Waals surface area (Å²) in [5, 5.41) is 0. The van der Waals surface area contributed by atoms with Crippen LogP contribution in [0, 0.1) is 0 Å². The number of ether oxygens (including phenoxy) is 1. The monoisotopic (exact) mass is 366 g/mol. The molecule has 0 N–H and O–H groups in total. The largest absolute Gasteiger partial charge is 0.449 e. The molecule has 1 aromatic carbocycles. The minimum Gasteiger partial charge on any atom is -0.449 e. The SMILES string of the molecule is CCCOC(=O)N1CCC(c2nc3cc(Br)ccc3o2)CC1. The highest BCUT2D eigenvalue weighted by Crippen LogP contribution is 2.31. The highest BCUT2D eigenvalue weighted by molar-refractivity contribution is 9.10. The lowest BCUT2D eigenvalue weighted by atomic mass is 9.97. The van der Waals surface area contributed by atoms with Gasteiger partial charge in [-0.1, -0.05) is 22.9 Å². The molecule has 0 bridgehead atoms. The van der Waals surface area contributed by atoms with E-state index in [0.29, 0.717) is 19.7 Å². The third-order valence-corrected chi connectivity index (χ3v) is 4.39. The topological polar surface area (TPSA) is 55.6 Å². The first-order chi connectivity index (χ1) is 10.7. The molecule has 1 saturated heterocycles. The van der Waals surface area contributed by atoms with Crippen molar-refractivity contribution in [3.8, 4) is 0 Å². The van der Waals surface area contributed by atoms with Crippen molar-refractivity contribution in [1.29, 1.82) is 0 Å². The van der Waals surface area contributed by atoms with Crippen LogP contribution < -0.4 is 0 Å². The summed E-state index contributed by atoms with van der Waals surface area (Å²) >= 11 is 3.44. The van der Waals surface area contributed by atoms with Gasteiger partial charge >= 0.3 is 6.09 Å². The van der Waals surface area contributed by atoms with E-state index in [1.165, 1.54) is 0 Å². The van der Waals surface area contributed by atoms with Crippen LogP contribution in [0.15, 0.2) is 27.1 Å². The van der Waals surface area contributed by atoms with Crippen LogP contribution in [0.25, 0.3) is 11.1 Å². The number of oxazole rings is 1. The summed E-state index contributed by atoms with van der Waals surface area (Å²) in [7, 11) is 0. The van der Waals surface area contributed by atoms with Crippen molar-refractivity contribution in [3.63, 3.8) is 0 Å². The molecule has 1 aromatic heterocycles. The van der Waals surface area contributed by atoms with Gasteiger partial charge in [-0.25, -0.2) is 9.78 Å².